The van der Waals surface area contributed by atoms with E-state index in [0.717, 1.165) is 19.3 Å². The van der Waals surface area contributed by atoms with Crippen molar-refractivity contribution >= 4 is 11.9 Å². The van der Waals surface area contributed by atoms with Crippen molar-refractivity contribution in [2.24, 2.45) is 5.92 Å². The van der Waals surface area contributed by atoms with E-state index in [-0.39, 0.29) is 12.3 Å². The van der Waals surface area contributed by atoms with E-state index in [1.165, 1.54) is 0 Å². The van der Waals surface area contributed by atoms with Crippen molar-refractivity contribution in [2.45, 2.75) is 58.7 Å². The summed E-state index contributed by atoms with van der Waals surface area (Å²) in [6, 6.07) is 0. The van der Waals surface area contributed by atoms with Crippen LogP contribution in [0, 0.1) is 5.92 Å². The summed E-state index contributed by atoms with van der Waals surface area (Å²) < 4.78 is 10.6. The normalized spacial score (nSPS) is 21.2. The highest BCUT2D eigenvalue weighted by atomic mass is 16.7. The van der Waals surface area contributed by atoms with Gasteiger partial charge in [-0.2, -0.15) is 0 Å². The monoisotopic (exact) mass is 228 g/mol. The molecule has 0 N–H and O–H groups in total. The van der Waals surface area contributed by atoms with Crippen LogP contribution in [0.3, 0.4) is 0 Å². The van der Waals surface area contributed by atoms with Gasteiger partial charge in [0.25, 0.3) is 5.79 Å². The van der Waals surface area contributed by atoms with Crippen LogP contribution >= 0.6 is 0 Å². The predicted molar refractivity (Wildman–Crippen MR) is 58.5 cm³/mol. The highest BCUT2D eigenvalue weighted by molar-refractivity contribution is 5.93. The van der Waals surface area contributed by atoms with Gasteiger partial charge in [0, 0.05) is 12.3 Å². The Hall–Kier alpha value is -1.06. The van der Waals surface area contributed by atoms with Crippen molar-refractivity contribution in [2.75, 3.05) is 0 Å². The first kappa shape index (κ1) is 13.0. The van der Waals surface area contributed by atoms with Crippen molar-refractivity contribution < 1.29 is 19.1 Å². The minimum Gasteiger partial charge on any atom is -0.422 e. The molecule has 1 aliphatic rings. The second-order valence-electron chi connectivity index (χ2n) is 4.38. The van der Waals surface area contributed by atoms with E-state index in [2.05, 4.69) is 6.92 Å². The maximum absolute atomic E-state index is 11.3. The van der Waals surface area contributed by atoms with Gasteiger partial charge in [-0.15, -0.1) is 0 Å². The molecule has 0 spiro atoms. The number of carbonyl (C=O) groups excluding carboxylic acids is 2. The van der Waals surface area contributed by atoms with Gasteiger partial charge in [0.15, 0.2) is 0 Å². The van der Waals surface area contributed by atoms with Gasteiger partial charge in [-0.1, -0.05) is 27.2 Å². The first-order valence-corrected chi connectivity index (χ1v) is 5.97. The summed E-state index contributed by atoms with van der Waals surface area (Å²) in [6.07, 6.45) is 2.98. The third-order valence-electron chi connectivity index (χ3n) is 2.93. The summed E-state index contributed by atoms with van der Waals surface area (Å²) in [7, 11) is 0. The summed E-state index contributed by atoms with van der Waals surface area (Å²) in [4.78, 5) is 22.7. The average molecular weight is 228 g/mol. The summed E-state index contributed by atoms with van der Waals surface area (Å²) in [5.74, 6) is -1.90. The van der Waals surface area contributed by atoms with Crippen LogP contribution in [0.25, 0.3) is 0 Å². The van der Waals surface area contributed by atoms with E-state index in [4.69, 9.17) is 9.47 Å². The van der Waals surface area contributed by atoms with Crippen molar-refractivity contribution in [1.29, 1.82) is 0 Å². The molecule has 1 heterocycles. The van der Waals surface area contributed by atoms with Crippen LogP contribution in [0.5, 0.6) is 0 Å². The molecule has 1 aliphatic heterocycles. The third-order valence-corrected chi connectivity index (χ3v) is 2.93. The molecule has 1 fully saturated rings. The molecule has 1 saturated heterocycles. The average Bonchev–Trinajstić information content (AvgIpc) is 2.16. The molecule has 0 aromatic rings. The van der Waals surface area contributed by atoms with E-state index >= 15 is 0 Å². The molecule has 92 valence electrons. The van der Waals surface area contributed by atoms with Crippen molar-refractivity contribution in [3.05, 3.63) is 0 Å². The number of cyclic esters (lactones) is 2. The van der Waals surface area contributed by atoms with Crippen LogP contribution in [0.2, 0.25) is 0 Å². The molecule has 0 aliphatic carbocycles. The Kier molecular flexibility index (Phi) is 4.33. The fourth-order valence-electron chi connectivity index (χ4n) is 2.15. The lowest BCUT2D eigenvalue weighted by Gasteiger charge is -2.40. The Labute approximate surface area is 96.3 Å². The molecule has 4 nitrogen and oxygen atoms in total. The van der Waals surface area contributed by atoms with E-state index in [1.807, 2.05) is 13.8 Å². The summed E-state index contributed by atoms with van der Waals surface area (Å²) in [5.41, 5.74) is 0. The maximum Gasteiger partial charge on any atom is 0.320 e. The third kappa shape index (κ3) is 2.74. The lowest BCUT2D eigenvalue weighted by molar-refractivity contribution is -0.264. The van der Waals surface area contributed by atoms with E-state index < -0.39 is 17.7 Å². The quantitative estimate of drug-likeness (QED) is 0.535. The largest absolute Gasteiger partial charge is 0.422 e. The molecular formula is C12H20O4. The number of hydrogen-bond donors (Lipinski definition) is 0. The fourth-order valence-corrected chi connectivity index (χ4v) is 2.15. The molecule has 0 saturated carbocycles. The highest BCUT2D eigenvalue weighted by Gasteiger charge is 2.46. The topological polar surface area (TPSA) is 52.6 Å². The second-order valence-corrected chi connectivity index (χ2v) is 4.38. The first-order chi connectivity index (χ1) is 7.54. The van der Waals surface area contributed by atoms with E-state index in [9.17, 15) is 9.59 Å². The Bertz CT molecular complexity index is 256. The van der Waals surface area contributed by atoms with Gasteiger partial charge >= 0.3 is 11.9 Å². The maximum atomic E-state index is 11.3. The molecule has 0 aromatic carbocycles. The van der Waals surface area contributed by atoms with Crippen LogP contribution in [0.1, 0.15) is 52.9 Å². The molecule has 1 rings (SSSR count). The molecule has 0 bridgehead atoms. The zero-order valence-corrected chi connectivity index (χ0v) is 10.2. The molecule has 1 atom stereocenters. The zero-order valence-electron chi connectivity index (χ0n) is 10.2. The second kappa shape index (κ2) is 5.32. The number of carbonyl (C=O) groups is 2. The van der Waals surface area contributed by atoms with Gasteiger partial charge in [-0.05, 0) is 12.8 Å². The van der Waals surface area contributed by atoms with Gasteiger partial charge < -0.3 is 9.47 Å². The predicted octanol–water partition coefficient (Wildman–Crippen LogP) is 2.41. The Morgan fingerprint density at radius 3 is 2.19 bits per heavy atom. The standard InChI is InChI=1S/C12H20O4/c1-4-6-9(3)12(7-5-2)15-10(13)8-11(14)16-12/h9H,4-8H2,1-3H3. The van der Waals surface area contributed by atoms with Crippen molar-refractivity contribution in [1.82, 2.24) is 0 Å². The molecular weight excluding hydrogens is 208 g/mol. The fraction of sp³-hybridized carbons (Fsp3) is 0.833. The zero-order chi connectivity index (χ0) is 12.2. The molecule has 0 amide bonds. The van der Waals surface area contributed by atoms with E-state index in [0.29, 0.717) is 6.42 Å². The molecule has 4 heteroatoms. The van der Waals surface area contributed by atoms with Crippen LogP contribution < -0.4 is 0 Å². The molecule has 0 aromatic heterocycles. The van der Waals surface area contributed by atoms with Crippen LogP contribution in [-0.2, 0) is 19.1 Å². The smallest absolute Gasteiger partial charge is 0.320 e. The van der Waals surface area contributed by atoms with Crippen LogP contribution in [-0.4, -0.2) is 17.7 Å². The number of rotatable bonds is 5. The number of esters is 2. The van der Waals surface area contributed by atoms with Gasteiger partial charge in [-0.25, -0.2) is 0 Å². The minimum absolute atomic E-state index is 0.0469. The SMILES string of the molecule is CCCC(C)C1(CCC)OC(=O)CC(=O)O1. The van der Waals surface area contributed by atoms with Gasteiger partial charge in [0.2, 0.25) is 0 Å². The van der Waals surface area contributed by atoms with Crippen molar-refractivity contribution in [3.63, 3.8) is 0 Å². The van der Waals surface area contributed by atoms with E-state index in [1.54, 1.807) is 0 Å². The van der Waals surface area contributed by atoms with Crippen molar-refractivity contribution in [3.8, 4) is 0 Å². The Morgan fingerprint density at radius 1 is 1.19 bits per heavy atom. The number of hydrogen-bond acceptors (Lipinski definition) is 4. The van der Waals surface area contributed by atoms with Crippen LogP contribution in [0.4, 0.5) is 0 Å². The molecule has 0 radical (unpaired) electrons. The minimum atomic E-state index is -1.02. The van der Waals surface area contributed by atoms with Crippen LogP contribution in [0.15, 0.2) is 0 Å². The van der Waals surface area contributed by atoms with Gasteiger partial charge in [0.05, 0.1) is 0 Å². The Morgan fingerprint density at radius 2 is 1.75 bits per heavy atom. The molecule has 1 unspecified atom stereocenters. The summed E-state index contributed by atoms with van der Waals surface area (Å²) in [6.45, 7) is 6.00. The lowest BCUT2D eigenvalue weighted by atomic mass is 9.91. The lowest BCUT2D eigenvalue weighted by Crippen LogP contribution is -2.49. The first-order valence-electron chi connectivity index (χ1n) is 5.97. The van der Waals surface area contributed by atoms with Gasteiger partial charge in [-0.3, -0.25) is 9.59 Å². The van der Waals surface area contributed by atoms with Gasteiger partial charge in [0.1, 0.15) is 6.42 Å². The molecule has 16 heavy (non-hydrogen) atoms. The Balaban J connectivity index is 2.85. The number of ether oxygens (including phenoxy) is 2. The summed E-state index contributed by atoms with van der Waals surface area (Å²) >= 11 is 0. The summed E-state index contributed by atoms with van der Waals surface area (Å²) in [5, 5.41) is 0. The highest BCUT2D eigenvalue weighted by Crippen LogP contribution is 2.35.